The molecule has 7 heteroatoms. The molecule has 0 radical (unpaired) electrons. The summed E-state index contributed by atoms with van der Waals surface area (Å²) in [6.45, 7) is 3.68. The van der Waals surface area contributed by atoms with Crippen LogP contribution in [0.15, 0.2) is 6.07 Å². The van der Waals surface area contributed by atoms with E-state index in [0.717, 1.165) is 18.5 Å². The predicted octanol–water partition coefficient (Wildman–Crippen LogP) is 1.75. The van der Waals surface area contributed by atoms with E-state index in [2.05, 4.69) is 4.90 Å². The number of nitrogens with zero attached hydrogens (tertiary/aromatic N) is 1. The quantitative estimate of drug-likeness (QED) is 0.582. The number of hydrogen-bond donors (Lipinski definition) is 1. The molecule has 1 aliphatic heterocycles. The van der Waals surface area contributed by atoms with E-state index in [1.807, 2.05) is 7.05 Å². The molecule has 0 saturated carbocycles. The molecule has 0 spiro atoms. The fourth-order valence-corrected chi connectivity index (χ4v) is 3.74. The minimum absolute atomic E-state index is 0.0412. The van der Waals surface area contributed by atoms with E-state index in [0.29, 0.717) is 22.6 Å². The van der Waals surface area contributed by atoms with Gasteiger partial charge in [-0.1, -0.05) is 0 Å². The summed E-state index contributed by atoms with van der Waals surface area (Å²) >= 11 is 0. The zero-order chi connectivity index (χ0) is 19.4. The highest BCUT2D eigenvalue weighted by atomic mass is 16.5. The van der Waals surface area contributed by atoms with Crippen LogP contribution in [0.1, 0.15) is 47.7 Å². The van der Waals surface area contributed by atoms with Crippen LogP contribution >= 0.6 is 0 Å². The number of methoxy groups -OCH3 is 2. The van der Waals surface area contributed by atoms with Gasteiger partial charge >= 0.3 is 5.97 Å². The van der Waals surface area contributed by atoms with Crippen LogP contribution in [0.4, 0.5) is 0 Å². The third-order valence-electron chi connectivity index (χ3n) is 4.97. The normalized spacial score (nSPS) is 20.1. The topological polar surface area (TPSA) is 85.3 Å². The average molecular weight is 365 g/mol. The van der Waals surface area contributed by atoms with E-state index in [-0.39, 0.29) is 36.9 Å². The van der Waals surface area contributed by atoms with Crippen LogP contribution in [-0.2, 0) is 16.1 Å². The van der Waals surface area contributed by atoms with Gasteiger partial charge in [0.2, 0.25) is 0 Å². The first kappa shape index (κ1) is 20.2. The van der Waals surface area contributed by atoms with Gasteiger partial charge in [-0.15, -0.1) is 0 Å². The lowest BCUT2D eigenvalue weighted by Crippen LogP contribution is -2.34. The van der Waals surface area contributed by atoms with E-state index >= 15 is 0 Å². The summed E-state index contributed by atoms with van der Waals surface area (Å²) in [5, 5.41) is 9.92. The molecule has 144 valence electrons. The Hall–Kier alpha value is -2.12. The zero-order valence-electron chi connectivity index (χ0n) is 16.0. The first-order valence-corrected chi connectivity index (χ1v) is 8.58. The molecular weight excluding hydrogens is 338 g/mol. The van der Waals surface area contributed by atoms with Crippen molar-refractivity contribution >= 4 is 11.8 Å². The number of ketones is 1. The molecule has 2 rings (SSSR count). The first-order valence-electron chi connectivity index (χ1n) is 8.58. The lowest BCUT2D eigenvalue weighted by Gasteiger charge is -2.28. The van der Waals surface area contributed by atoms with Crippen molar-refractivity contribution in [2.24, 2.45) is 0 Å². The Bertz CT molecular complexity index is 687. The third kappa shape index (κ3) is 3.83. The van der Waals surface area contributed by atoms with Crippen LogP contribution < -0.4 is 9.47 Å². The van der Waals surface area contributed by atoms with Crippen molar-refractivity contribution in [3.05, 3.63) is 22.8 Å². The van der Waals surface area contributed by atoms with Crippen molar-refractivity contribution in [2.75, 3.05) is 34.4 Å². The Labute approximate surface area is 153 Å². The van der Waals surface area contributed by atoms with Crippen molar-refractivity contribution < 1.29 is 28.9 Å². The lowest BCUT2D eigenvalue weighted by atomic mass is 9.85. The molecule has 1 fully saturated rings. The second kappa shape index (κ2) is 8.51. The molecule has 26 heavy (non-hydrogen) atoms. The van der Waals surface area contributed by atoms with E-state index in [1.165, 1.54) is 28.1 Å². The van der Waals surface area contributed by atoms with E-state index in [1.54, 1.807) is 6.07 Å². The van der Waals surface area contributed by atoms with Crippen molar-refractivity contribution in [2.45, 2.75) is 38.8 Å². The fourth-order valence-electron chi connectivity index (χ4n) is 3.74. The highest BCUT2D eigenvalue weighted by Gasteiger charge is 2.38. The number of aliphatic hydroxyl groups is 1. The molecule has 0 unspecified atom stereocenters. The first-order chi connectivity index (χ1) is 12.3. The molecule has 0 bridgehead atoms. The van der Waals surface area contributed by atoms with Gasteiger partial charge in [-0.25, -0.2) is 0 Å². The number of likely N-dealkylation sites (N-methyl/N-ethyl adjacent to an activating group) is 1. The Morgan fingerprint density at radius 3 is 2.46 bits per heavy atom. The summed E-state index contributed by atoms with van der Waals surface area (Å²) in [4.78, 5) is 25.6. The molecule has 7 nitrogen and oxygen atoms in total. The predicted molar refractivity (Wildman–Crippen MR) is 95.9 cm³/mol. The summed E-state index contributed by atoms with van der Waals surface area (Å²) < 4.78 is 16.2. The van der Waals surface area contributed by atoms with Crippen LogP contribution in [0.5, 0.6) is 11.5 Å². The van der Waals surface area contributed by atoms with Gasteiger partial charge in [-0.3, -0.25) is 14.5 Å². The number of likely N-dealkylation sites (tertiary alicyclic amines) is 1. The number of esters is 1. The minimum atomic E-state index is -0.336. The largest absolute Gasteiger partial charge is 0.496 e. The van der Waals surface area contributed by atoms with Crippen LogP contribution in [0, 0.1) is 0 Å². The molecule has 0 aromatic heterocycles. The fraction of sp³-hybridized carbons (Fsp3) is 0.579. The number of Topliss-reactive ketones (excluding diaryl/α,β-unsaturated/α-hetero) is 1. The minimum Gasteiger partial charge on any atom is -0.496 e. The number of carbonyl (C=O) groups excluding carboxylic acids is 2. The lowest BCUT2D eigenvalue weighted by molar-refractivity contribution is -0.142. The standard InChI is InChI=1S/C19H27NO6/c1-11(22)17-16(24-4)8-13(9-21)18(19(17)25-5)14-6-7-20(3)15(14)10-26-12(2)23/h8,14-15,21H,6-7,9-10H2,1-5H3/t14-,15+/m1/s1. The van der Waals surface area contributed by atoms with Gasteiger partial charge in [0.1, 0.15) is 23.7 Å². The molecular formula is C19H27NO6. The van der Waals surface area contributed by atoms with Crippen molar-refractivity contribution in [1.29, 1.82) is 0 Å². The highest BCUT2D eigenvalue weighted by Crippen LogP contribution is 2.44. The van der Waals surface area contributed by atoms with Gasteiger partial charge < -0.3 is 19.3 Å². The molecule has 0 amide bonds. The Morgan fingerprint density at radius 2 is 1.96 bits per heavy atom. The van der Waals surface area contributed by atoms with E-state index in [4.69, 9.17) is 14.2 Å². The summed E-state index contributed by atoms with van der Waals surface area (Å²) in [6.07, 6.45) is 0.801. The summed E-state index contributed by atoms with van der Waals surface area (Å²) in [5.74, 6) is 0.254. The zero-order valence-corrected chi connectivity index (χ0v) is 16.0. The van der Waals surface area contributed by atoms with Gasteiger partial charge in [0, 0.05) is 18.4 Å². The van der Waals surface area contributed by atoms with Gasteiger partial charge in [-0.2, -0.15) is 0 Å². The molecule has 0 aliphatic carbocycles. The number of hydrogen-bond acceptors (Lipinski definition) is 7. The molecule has 1 aromatic carbocycles. The average Bonchev–Trinajstić information content (AvgIpc) is 2.97. The second-order valence-corrected chi connectivity index (χ2v) is 6.52. The van der Waals surface area contributed by atoms with Crippen molar-refractivity contribution in [3.63, 3.8) is 0 Å². The second-order valence-electron chi connectivity index (χ2n) is 6.52. The smallest absolute Gasteiger partial charge is 0.302 e. The Balaban J connectivity index is 2.60. The Morgan fingerprint density at radius 1 is 1.27 bits per heavy atom. The van der Waals surface area contributed by atoms with Crippen LogP contribution in [-0.4, -0.2) is 62.2 Å². The number of aliphatic hydroxyl groups excluding tert-OH is 1. The van der Waals surface area contributed by atoms with Crippen molar-refractivity contribution in [1.82, 2.24) is 4.90 Å². The highest BCUT2D eigenvalue weighted by molar-refractivity contribution is 6.00. The maximum atomic E-state index is 12.2. The van der Waals surface area contributed by atoms with Crippen LogP contribution in [0.25, 0.3) is 0 Å². The maximum absolute atomic E-state index is 12.2. The SMILES string of the molecule is COc1cc(CO)c([C@@H]2CCN(C)[C@H]2COC(C)=O)c(OC)c1C(C)=O. The number of benzene rings is 1. The summed E-state index contributed by atoms with van der Waals surface area (Å²) in [5.41, 5.74) is 1.79. The van der Waals surface area contributed by atoms with Gasteiger partial charge in [0.05, 0.1) is 26.9 Å². The molecule has 2 atom stereocenters. The molecule has 1 saturated heterocycles. The molecule has 1 N–H and O–H groups in total. The summed E-state index contributed by atoms with van der Waals surface area (Å²) in [6, 6.07) is 1.63. The summed E-state index contributed by atoms with van der Waals surface area (Å²) in [7, 11) is 4.95. The number of rotatable bonds is 7. The molecule has 1 heterocycles. The number of carbonyl (C=O) groups is 2. The maximum Gasteiger partial charge on any atom is 0.302 e. The third-order valence-corrected chi connectivity index (χ3v) is 4.97. The van der Waals surface area contributed by atoms with Gasteiger partial charge in [-0.05, 0) is 38.6 Å². The van der Waals surface area contributed by atoms with Crippen molar-refractivity contribution in [3.8, 4) is 11.5 Å². The monoisotopic (exact) mass is 365 g/mol. The van der Waals surface area contributed by atoms with Crippen LogP contribution in [0.3, 0.4) is 0 Å². The molecule has 1 aliphatic rings. The molecule has 1 aromatic rings. The van der Waals surface area contributed by atoms with Crippen LogP contribution in [0.2, 0.25) is 0 Å². The van der Waals surface area contributed by atoms with Gasteiger partial charge in [0.25, 0.3) is 0 Å². The Kier molecular flexibility index (Phi) is 6.61. The van der Waals surface area contributed by atoms with Gasteiger partial charge in [0.15, 0.2) is 5.78 Å². The number of ether oxygens (including phenoxy) is 3. The van der Waals surface area contributed by atoms with E-state index in [9.17, 15) is 14.7 Å². The van der Waals surface area contributed by atoms with E-state index < -0.39 is 0 Å².